The second-order valence-electron chi connectivity index (χ2n) is 6.47. The van der Waals surface area contributed by atoms with E-state index in [4.69, 9.17) is 0 Å². The number of hydrogen-bond donors (Lipinski definition) is 0. The number of aromatic nitrogens is 4. The van der Waals surface area contributed by atoms with Gasteiger partial charge in [-0.25, -0.2) is 13.5 Å². The van der Waals surface area contributed by atoms with Crippen LogP contribution in [0.15, 0.2) is 24.5 Å². The first kappa shape index (κ1) is 17.0. The van der Waals surface area contributed by atoms with Crippen molar-refractivity contribution >= 4 is 0 Å². The van der Waals surface area contributed by atoms with E-state index in [0.29, 0.717) is 12.3 Å². The van der Waals surface area contributed by atoms with Crippen LogP contribution in [0.5, 0.6) is 0 Å². The van der Waals surface area contributed by atoms with Crippen LogP contribution in [0.2, 0.25) is 0 Å². The molecule has 0 aliphatic carbocycles. The van der Waals surface area contributed by atoms with Gasteiger partial charge in [0.1, 0.15) is 18.0 Å². The van der Waals surface area contributed by atoms with Crippen LogP contribution >= 0.6 is 0 Å². The lowest BCUT2D eigenvalue weighted by atomic mass is 9.91. The lowest BCUT2D eigenvalue weighted by Gasteiger charge is -2.32. The van der Waals surface area contributed by atoms with E-state index < -0.39 is 11.6 Å². The van der Waals surface area contributed by atoms with Crippen LogP contribution in [0.25, 0.3) is 0 Å². The monoisotopic (exact) mass is 335 g/mol. The quantitative estimate of drug-likeness (QED) is 0.780. The SMILES string of the molecule is Fc1cccc(F)c1CC[C@@H]1CCCN(CCCn2cnnn2)C1. The molecule has 0 radical (unpaired) electrons. The molecule has 1 aromatic heterocycles. The first-order valence-electron chi connectivity index (χ1n) is 8.58. The Kier molecular flexibility index (Phi) is 5.85. The Morgan fingerprint density at radius 1 is 1.17 bits per heavy atom. The maximum atomic E-state index is 13.7. The van der Waals surface area contributed by atoms with E-state index >= 15 is 0 Å². The molecule has 0 bridgehead atoms. The lowest BCUT2D eigenvalue weighted by molar-refractivity contribution is 0.164. The standard InChI is InChI=1S/C17H23F2N5/c18-16-5-1-6-17(19)15(16)8-7-14-4-2-9-23(12-14)10-3-11-24-13-20-21-22-24/h1,5-6,13-14H,2-4,7-12H2/t14-/m0/s1. The molecule has 1 aromatic carbocycles. The van der Waals surface area contributed by atoms with Crippen molar-refractivity contribution in [1.82, 2.24) is 25.1 Å². The van der Waals surface area contributed by atoms with E-state index in [1.807, 2.05) is 0 Å². The van der Waals surface area contributed by atoms with Crippen molar-refractivity contribution in [3.8, 4) is 0 Å². The molecular formula is C17H23F2N5. The van der Waals surface area contributed by atoms with Crippen molar-refractivity contribution in [3.63, 3.8) is 0 Å². The summed E-state index contributed by atoms with van der Waals surface area (Å²) in [5.41, 5.74) is 0.230. The van der Waals surface area contributed by atoms with Gasteiger partial charge in [-0.15, -0.1) is 5.10 Å². The number of nitrogens with zero attached hydrogens (tertiary/aromatic N) is 5. The van der Waals surface area contributed by atoms with E-state index in [-0.39, 0.29) is 5.56 Å². The molecule has 7 heteroatoms. The van der Waals surface area contributed by atoms with Gasteiger partial charge in [-0.1, -0.05) is 6.07 Å². The van der Waals surface area contributed by atoms with Gasteiger partial charge in [-0.05, 0) is 73.7 Å². The summed E-state index contributed by atoms with van der Waals surface area (Å²) >= 11 is 0. The van der Waals surface area contributed by atoms with E-state index in [1.165, 1.54) is 18.2 Å². The van der Waals surface area contributed by atoms with Gasteiger partial charge in [-0.3, -0.25) is 0 Å². The Morgan fingerprint density at radius 2 is 2.00 bits per heavy atom. The third kappa shape index (κ3) is 4.56. The molecule has 24 heavy (non-hydrogen) atoms. The van der Waals surface area contributed by atoms with Crippen molar-refractivity contribution in [3.05, 3.63) is 41.7 Å². The lowest BCUT2D eigenvalue weighted by Crippen LogP contribution is -2.36. The fourth-order valence-electron chi connectivity index (χ4n) is 3.45. The van der Waals surface area contributed by atoms with Crippen LogP contribution in [-0.2, 0) is 13.0 Å². The molecular weight excluding hydrogens is 312 g/mol. The van der Waals surface area contributed by atoms with Gasteiger partial charge < -0.3 is 4.90 Å². The molecule has 1 saturated heterocycles. The zero-order valence-corrected chi connectivity index (χ0v) is 13.7. The number of hydrogen-bond acceptors (Lipinski definition) is 4. The third-order valence-electron chi connectivity index (χ3n) is 4.72. The molecule has 0 saturated carbocycles. The highest BCUT2D eigenvalue weighted by molar-refractivity contribution is 5.19. The second-order valence-corrected chi connectivity index (χ2v) is 6.47. The van der Waals surface area contributed by atoms with Crippen LogP contribution in [0.4, 0.5) is 8.78 Å². The molecule has 1 atom stereocenters. The second kappa shape index (κ2) is 8.28. The van der Waals surface area contributed by atoms with Gasteiger partial charge in [0.05, 0.1) is 0 Å². The highest BCUT2D eigenvalue weighted by Crippen LogP contribution is 2.23. The number of likely N-dealkylation sites (tertiary alicyclic amines) is 1. The summed E-state index contributed by atoms with van der Waals surface area (Å²) in [6, 6.07) is 4.09. The van der Waals surface area contributed by atoms with Crippen LogP contribution in [0, 0.1) is 17.6 Å². The van der Waals surface area contributed by atoms with E-state index in [2.05, 4.69) is 20.4 Å². The van der Waals surface area contributed by atoms with Crippen LogP contribution in [-0.4, -0.2) is 44.7 Å². The molecule has 0 spiro atoms. The highest BCUT2D eigenvalue weighted by atomic mass is 19.1. The third-order valence-corrected chi connectivity index (χ3v) is 4.72. The normalized spacial score (nSPS) is 18.8. The Labute approximate surface area is 140 Å². The maximum absolute atomic E-state index is 13.7. The highest BCUT2D eigenvalue weighted by Gasteiger charge is 2.20. The van der Waals surface area contributed by atoms with Gasteiger partial charge in [0.25, 0.3) is 0 Å². The molecule has 1 aliphatic rings. The minimum absolute atomic E-state index is 0.230. The fraction of sp³-hybridized carbons (Fsp3) is 0.588. The van der Waals surface area contributed by atoms with E-state index in [9.17, 15) is 8.78 Å². The number of halogens is 2. The molecule has 2 heterocycles. The van der Waals surface area contributed by atoms with Gasteiger partial charge >= 0.3 is 0 Å². The van der Waals surface area contributed by atoms with Gasteiger partial charge in [0.2, 0.25) is 0 Å². The van der Waals surface area contributed by atoms with Crippen LogP contribution in [0.3, 0.4) is 0 Å². The summed E-state index contributed by atoms with van der Waals surface area (Å²) in [5.74, 6) is -0.348. The van der Waals surface area contributed by atoms with E-state index in [0.717, 1.165) is 51.9 Å². The fourth-order valence-corrected chi connectivity index (χ4v) is 3.45. The van der Waals surface area contributed by atoms with Crippen molar-refractivity contribution in [2.45, 2.75) is 38.6 Å². The first-order valence-corrected chi connectivity index (χ1v) is 8.58. The molecule has 0 unspecified atom stereocenters. The molecule has 1 aliphatic heterocycles. The molecule has 0 N–H and O–H groups in total. The summed E-state index contributed by atoms with van der Waals surface area (Å²) in [7, 11) is 0. The van der Waals surface area contributed by atoms with Crippen molar-refractivity contribution < 1.29 is 8.78 Å². The smallest absolute Gasteiger partial charge is 0.138 e. The Morgan fingerprint density at radius 3 is 2.75 bits per heavy atom. The Balaban J connectivity index is 1.43. The Bertz CT molecular complexity index is 612. The molecule has 3 rings (SSSR count). The number of benzene rings is 1. The molecule has 5 nitrogen and oxygen atoms in total. The molecule has 1 fully saturated rings. The Hall–Kier alpha value is -1.89. The molecule has 0 amide bonds. The average molecular weight is 335 g/mol. The van der Waals surface area contributed by atoms with Crippen molar-refractivity contribution in [2.24, 2.45) is 5.92 Å². The number of piperidine rings is 1. The summed E-state index contributed by atoms with van der Waals surface area (Å²) in [6.45, 7) is 3.92. The van der Waals surface area contributed by atoms with Gasteiger partial charge in [0.15, 0.2) is 0 Å². The summed E-state index contributed by atoms with van der Waals surface area (Å²) < 4.78 is 29.2. The zero-order chi connectivity index (χ0) is 16.8. The van der Waals surface area contributed by atoms with E-state index in [1.54, 1.807) is 11.0 Å². The maximum Gasteiger partial charge on any atom is 0.138 e. The number of rotatable bonds is 7. The minimum atomic E-state index is -0.427. The number of tetrazole rings is 1. The summed E-state index contributed by atoms with van der Waals surface area (Å²) in [5, 5.41) is 11.1. The van der Waals surface area contributed by atoms with Crippen LogP contribution in [0.1, 0.15) is 31.2 Å². The zero-order valence-electron chi connectivity index (χ0n) is 13.7. The predicted octanol–water partition coefficient (Wildman–Crippen LogP) is 2.69. The molecule has 130 valence electrons. The van der Waals surface area contributed by atoms with Crippen LogP contribution < -0.4 is 0 Å². The van der Waals surface area contributed by atoms with Crippen molar-refractivity contribution in [2.75, 3.05) is 19.6 Å². The average Bonchev–Trinajstić information content (AvgIpc) is 3.08. The van der Waals surface area contributed by atoms with Crippen molar-refractivity contribution in [1.29, 1.82) is 0 Å². The summed E-state index contributed by atoms with van der Waals surface area (Å²) in [4.78, 5) is 2.44. The van der Waals surface area contributed by atoms with Gasteiger partial charge in [-0.2, -0.15) is 0 Å². The topological polar surface area (TPSA) is 46.8 Å². The first-order chi connectivity index (χ1) is 11.7. The largest absolute Gasteiger partial charge is 0.303 e. The van der Waals surface area contributed by atoms with Gasteiger partial charge in [0, 0.05) is 18.7 Å². The predicted molar refractivity (Wildman–Crippen MR) is 86.3 cm³/mol. The molecule has 2 aromatic rings. The summed E-state index contributed by atoms with van der Waals surface area (Å²) in [6.07, 6.45) is 6.22. The number of aryl methyl sites for hydroxylation is 1. The minimum Gasteiger partial charge on any atom is -0.303 e.